The first-order chi connectivity index (χ1) is 8.23. The van der Waals surface area contributed by atoms with E-state index >= 15 is 0 Å². The maximum Gasteiger partial charge on any atom is 0.413 e. The van der Waals surface area contributed by atoms with Crippen molar-refractivity contribution in [1.29, 1.82) is 0 Å². The molecular weight excluding hydrogens is 240 g/mol. The molecule has 0 unspecified atom stereocenters. The number of aryl methyl sites for hydroxylation is 1. The fourth-order valence-electron chi connectivity index (χ4n) is 1.21. The molecule has 0 atom stereocenters. The Balaban J connectivity index is 2.86. The second-order valence-electron chi connectivity index (χ2n) is 4.61. The smallest absolute Gasteiger partial charge is 0.413 e. The number of nitrogens with zero attached hydrogens (tertiary/aromatic N) is 3. The van der Waals surface area contributed by atoms with Gasteiger partial charge in [0, 0.05) is 0 Å². The predicted octanol–water partition coefficient (Wildman–Crippen LogP) is 2.16. The number of nitro groups is 1. The fraction of sp³-hybridized carbons (Fsp3) is 0.600. The largest absolute Gasteiger partial charge is 0.444 e. The molecule has 0 aliphatic carbocycles. The molecule has 1 heterocycles. The Hall–Kier alpha value is -2.12. The predicted molar refractivity (Wildman–Crippen MR) is 64.4 cm³/mol. The summed E-state index contributed by atoms with van der Waals surface area (Å²) in [5.41, 5.74) is -0.643. The van der Waals surface area contributed by atoms with Crippen LogP contribution in [-0.2, 0) is 11.3 Å². The number of carbonyl (C=O) groups excluding carboxylic acids is 1. The molecule has 8 heteroatoms. The monoisotopic (exact) mass is 256 g/mol. The number of carbonyl (C=O) groups is 1. The van der Waals surface area contributed by atoms with E-state index in [4.69, 9.17) is 4.74 Å². The molecule has 1 aromatic rings. The molecule has 0 spiro atoms. The van der Waals surface area contributed by atoms with Crippen molar-refractivity contribution in [2.75, 3.05) is 5.32 Å². The van der Waals surface area contributed by atoms with Gasteiger partial charge in [-0.2, -0.15) is 4.68 Å². The van der Waals surface area contributed by atoms with Crippen LogP contribution in [0.1, 0.15) is 27.7 Å². The second-order valence-corrected chi connectivity index (χ2v) is 4.61. The molecule has 0 radical (unpaired) electrons. The summed E-state index contributed by atoms with van der Waals surface area (Å²) in [7, 11) is 0. The molecule has 0 aliphatic rings. The number of aromatic nitrogens is 2. The van der Waals surface area contributed by atoms with Crippen LogP contribution in [0.3, 0.4) is 0 Å². The number of hydrogen-bond donors (Lipinski definition) is 1. The molecule has 0 saturated carbocycles. The summed E-state index contributed by atoms with van der Waals surface area (Å²) in [5, 5.41) is 16.8. The number of nitrogens with one attached hydrogen (secondary N) is 1. The number of rotatable bonds is 3. The van der Waals surface area contributed by atoms with Gasteiger partial charge in [-0.05, 0) is 32.6 Å². The highest BCUT2D eigenvalue weighted by Crippen LogP contribution is 2.22. The molecular formula is C10H16N4O4. The zero-order valence-electron chi connectivity index (χ0n) is 10.8. The Morgan fingerprint density at radius 1 is 1.61 bits per heavy atom. The molecule has 1 N–H and O–H groups in total. The molecule has 0 aliphatic heterocycles. The van der Waals surface area contributed by atoms with Crippen LogP contribution < -0.4 is 5.32 Å². The SMILES string of the molecule is CCn1cc(NC(=O)OC(C)(C)C)c([N+](=O)[O-])n1. The van der Waals surface area contributed by atoms with Crippen LogP contribution in [0.15, 0.2) is 6.20 Å². The summed E-state index contributed by atoms with van der Waals surface area (Å²) in [4.78, 5) is 21.6. The Morgan fingerprint density at radius 2 is 2.22 bits per heavy atom. The van der Waals surface area contributed by atoms with E-state index in [1.807, 2.05) is 0 Å². The van der Waals surface area contributed by atoms with Gasteiger partial charge in [-0.1, -0.05) is 0 Å². The van der Waals surface area contributed by atoms with Gasteiger partial charge in [0.05, 0.1) is 17.8 Å². The third-order valence-corrected chi connectivity index (χ3v) is 1.87. The molecule has 1 rings (SSSR count). The fourth-order valence-corrected chi connectivity index (χ4v) is 1.21. The van der Waals surface area contributed by atoms with E-state index in [9.17, 15) is 14.9 Å². The lowest BCUT2D eigenvalue weighted by Crippen LogP contribution is -2.27. The molecule has 100 valence electrons. The lowest BCUT2D eigenvalue weighted by Gasteiger charge is -2.19. The van der Waals surface area contributed by atoms with Gasteiger partial charge in [-0.3, -0.25) is 5.32 Å². The van der Waals surface area contributed by atoms with Gasteiger partial charge in [0.2, 0.25) is 0 Å². The van der Waals surface area contributed by atoms with E-state index in [1.54, 1.807) is 27.7 Å². The van der Waals surface area contributed by atoms with E-state index in [1.165, 1.54) is 10.9 Å². The van der Waals surface area contributed by atoms with E-state index in [0.717, 1.165) is 0 Å². The van der Waals surface area contributed by atoms with Crippen molar-refractivity contribution in [3.05, 3.63) is 16.3 Å². The normalized spacial score (nSPS) is 11.1. The summed E-state index contributed by atoms with van der Waals surface area (Å²) in [6.07, 6.45) is 0.642. The van der Waals surface area contributed by atoms with Gasteiger partial charge in [-0.15, -0.1) is 0 Å². The first kappa shape index (κ1) is 13.9. The minimum Gasteiger partial charge on any atom is -0.444 e. The summed E-state index contributed by atoms with van der Waals surface area (Å²) in [5.74, 6) is -0.400. The van der Waals surface area contributed by atoms with E-state index in [0.29, 0.717) is 6.54 Å². The average Bonchev–Trinajstić information content (AvgIpc) is 2.57. The zero-order valence-corrected chi connectivity index (χ0v) is 10.8. The Bertz CT molecular complexity index is 461. The summed E-state index contributed by atoms with van der Waals surface area (Å²) in [6.45, 7) is 7.37. The Labute approximate surface area is 104 Å². The topological polar surface area (TPSA) is 99.3 Å². The third kappa shape index (κ3) is 3.72. The molecule has 0 bridgehead atoms. The highest BCUT2D eigenvalue weighted by Gasteiger charge is 2.24. The first-order valence-corrected chi connectivity index (χ1v) is 5.44. The third-order valence-electron chi connectivity index (χ3n) is 1.87. The molecule has 1 amide bonds. The van der Waals surface area contributed by atoms with Crippen molar-refractivity contribution in [3.8, 4) is 0 Å². The highest BCUT2D eigenvalue weighted by atomic mass is 16.6. The van der Waals surface area contributed by atoms with E-state index in [2.05, 4.69) is 10.4 Å². The standard InChI is InChI=1S/C10H16N4O4/c1-5-13-6-7(8(12-13)14(16)17)11-9(15)18-10(2,3)4/h6H,5H2,1-4H3,(H,11,15). The maximum atomic E-state index is 11.5. The first-order valence-electron chi connectivity index (χ1n) is 5.44. The Morgan fingerprint density at radius 3 is 2.67 bits per heavy atom. The molecule has 0 fully saturated rings. The summed E-state index contributed by atoms with van der Waals surface area (Å²) >= 11 is 0. The van der Waals surface area contributed by atoms with Crippen molar-refractivity contribution in [1.82, 2.24) is 9.78 Å². The zero-order chi connectivity index (χ0) is 13.9. The van der Waals surface area contributed by atoms with Crippen LogP contribution in [0.25, 0.3) is 0 Å². The molecule has 8 nitrogen and oxygen atoms in total. The lowest BCUT2D eigenvalue weighted by atomic mass is 10.2. The van der Waals surface area contributed by atoms with Crippen LogP contribution in [0.5, 0.6) is 0 Å². The molecule has 0 aromatic carbocycles. The van der Waals surface area contributed by atoms with Crippen LogP contribution in [0, 0.1) is 10.1 Å². The van der Waals surface area contributed by atoms with Crippen LogP contribution >= 0.6 is 0 Å². The summed E-state index contributed by atoms with van der Waals surface area (Å²) in [6, 6.07) is 0. The lowest BCUT2D eigenvalue weighted by molar-refractivity contribution is -0.388. The van der Waals surface area contributed by atoms with Crippen molar-refractivity contribution < 1.29 is 14.5 Å². The van der Waals surface area contributed by atoms with Gasteiger partial charge < -0.3 is 14.9 Å². The van der Waals surface area contributed by atoms with Crippen LogP contribution in [0.4, 0.5) is 16.3 Å². The Kier molecular flexibility index (Phi) is 3.89. The minimum atomic E-state index is -0.749. The van der Waals surface area contributed by atoms with Gasteiger partial charge in [-0.25, -0.2) is 4.79 Å². The van der Waals surface area contributed by atoms with Crippen molar-refractivity contribution in [3.63, 3.8) is 0 Å². The summed E-state index contributed by atoms with van der Waals surface area (Å²) < 4.78 is 6.38. The van der Waals surface area contributed by atoms with Gasteiger partial charge >= 0.3 is 11.9 Å². The van der Waals surface area contributed by atoms with Gasteiger partial charge in [0.1, 0.15) is 5.60 Å². The minimum absolute atomic E-state index is 0.0242. The van der Waals surface area contributed by atoms with Gasteiger partial charge in [0.25, 0.3) is 0 Å². The van der Waals surface area contributed by atoms with E-state index < -0.39 is 22.4 Å². The van der Waals surface area contributed by atoms with Crippen molar-refractivity contribution >= 4 is 17.6 Å². The second kappa shape index (κ2) is 5.03. The molecule has 18 heavy (non-hydrogen) atoms. The number of anilines is 1. The number of ether oxygens (including phenoxy) is 1. The van der Waals surface area contributed by atoms with Crippen molar-refractivity contribution in [2.24, 2.45) is 0 Å². The van der Waals surface area contributed by atoms with Crippen LogP contribution in [0.2, 0.25) is 0 Å². The number of amides is 1. The maximum absolute atomic E-state index is 11.5. The van der Waals surface area contributed by atoms with Gasteiger partial charge in [0.15, 0.2) is 5.69 Å². The average molecular weight is 256 g/mol. The van der Waals surface area contributed by atoms with E-state index in [-0.39, 0.29) is 5.69 Å². The molecule has 0 saturated heterocycles. The number of hydrogen-bond acceptors (Lipinski definition) is 5. The quantitative estimate of drug-likeness (QED) is 0.659. The highest BCUT2D eigenvalue weighted by molar-refractivity contribution is 5.87. The van der Waals surface area contributed by atoms with Crippen LogP contribution in [-0.4, -0.2) is 26.4 Å². The van der Waals surface area contributed by atoms with Crippen molar-refractivity contribution in [2.45, 2.75) is 39.8 Å². The molecule has 1 aromatic heterocycles.